The monoisotopic (exact) mass is 141 g/mol. The third kappa shape index (κ3) is 1.22. The lowest BCUT2D eigenvalue weighted by atomic mass is 10.4. The fourth-order valence-electron chi connectivity index (χ4n) is 0.614. The zero-order valence-electron chi connectivity index (χ0n) is 5.53. The van der Waals surface area contributed by atoms with E-state index < -0.39 is 0 Å². The number of carbonyl (C=O) groups excluding carboxylic acids is 1. The molecule has 0 unspecified atom stereocenters. The highest BCUT2D eigenvalue weighted by atomic mass is 16.5. The SMILES string of the molecule is COCc1ocnc1C=O. The lowest BCUT2D eigenvalue weighted by Gasteiger charge is -1.90. The Hall–Kier alpha value is -1.16. The molecule has 0 aliphatic carbocycles. The van der Waals surface area contributed by atoms with Gasteiger partial charge in [0.1, 0.15) is 12.3 Å². The minimum atomic E-state index is 0.286. The Morgan fingerprint density at radius 3 is 3.30 bits per heavy atom. The van der Waals surface area contributed by atoms with Crippen LogP contribution in [0.25, 0.3) is 0 Å². The van der Waals surface area contributed by atoms with Crippen LogP contribution in [0.2, 0.25) is 0 Å². The summed E-state index contributed by atoms with van der Waals surface area (Å²) < 4.78 is 9.56. The quantitative estimate of drug-likeness (QED) is 0.579. The molecule has 0 fully saturated rings. The number of aromatic nitrogens is 1. The lowest BCUT2D eigenvalue weighted by Crippen LogP contribution is -1.90. The molecule has 1 aromatic rings. The van der Waals surface area contributed by atoms with Gasteiger partial charge in [0, 0.05) is 7.11 Å². The highest BCUT2D eigenvalue weighted by Crippen LogP contribution is 2.04. The Labute approximate surface area is 57.8 Å². The van der Waals surface area contributed by atoms with Crippen molar-refractivity contribution in [3.63, 3.8) is 0 Å². The van der Waals surface area contributed by atoms with Gasteiger partial charge in [-0.3, -0.25) is 4.79 Å². The summed E-state index contributed by atoms with van der Waals surface area (Å²) in [6, 6.07) is 0. The van der Waals surface area contributed by atoms with Gasteiger partial charge in [0.05, 0.1) is 0 Å². The van der Waals surface area contributed by atoms with Crippen LogP contribution in [0.5, 0.6) is 0 Å². The second-order valence-electron chi connectivity index (χ2n) is 1.71. The summed E-state index contributed by atoms with van der Waals surface area (Å²) >= 11 is 0. The molecule has 4 heteroatoms. The summed E-state index contributed by atoms with van der Waals surface area (Å²) in [5.74, 6) is 0.470. The molecule has 0 atom stereocenters. The van der Waals surface area contributed by atoms with Gasteiger partial charge >= 0.3 is 0 Å². The topological polar surface area (TPSA) is 52.3 Å². The minimum absolute atomic E-state index is 0.286. The number of hydrogen-bond acceptors (Lipinski definition) is 4. The van der Waals surface area contributed by atoms with Crippen molar-refractivity contribution in [2.24, 2.45) is 0 Å². The number of methoxy groups -OCH3 is 1. The molecule has 0 amide bonds. The molecular formula is C6H7NO3. The van der Waals surface area contributed by atoms with Gasteiger partial charge in [0.25, 0.3) is 0 Å². The molecule has 0 aromatic carbocycles. The van der Waals surface area contributed by atoms with Gasteiger partial charge in [-0.1, -0.05) is 0 Å². The molecule has 54 valence electrons. The summed E-state index contributed by atoms with van der Waals surface area (Å²) in [5.41, 5.74) is 0.307. The molecule has 0 N–H and O–H groups in total. The van der Waals surface area contributed by atoms with Crippen molar-refractivity contribution < 1.29 is 13.9 Å². The normalized spacial score (nSPS) is 9.70. The second kappa shape index (κ2) is 3.12. The molecule has 0 saturated carbocycles. The first-order chi connectivity index (χ1) is 4.88. The second-order valence-corrected chi connectivity index (χ2v) is 1.71. The summed E-state index contributed by atoms with van der Waals surface area (Å²) in [6.45, 7) is 0.286. The van der Waals surface area contributed by atoms with Crippen molar-refractivity contribution in [2.75, 3.05) is 7.11 Å². The first kappa shape index (κ1) is 6.95. The fraction of sp³-hybridized carbons (Fsp3) is 0.333. The van der Waals surface area contributed by atoms with Crippen LogP contribution in [0, 0.1) is 0 Å². The molecule has 10 heavy (non-hydrogen) atoms. The van der Waals surface area contributed by atoms with Crippen LogP contribution >= 0.6 is 0 Å². The van der Waals surface area contributed by atoms with Crippen molar-refractivity contribution in [3.8, 4) is 0 Å². The third-order valence-electron chi connectivity index (χ3n) is 1.06. The van der Waals surface area contributed by atoms with Crippen molar-refractivity contribution in [1.82, 2.24) is 4.98 Å². The Balaban J connectivity index is 2.79. The summed E-state index contributed by atoms with van der Waals surface area (Å²) in [4.78, 5) is 13.8. The molecule has 0 radical (unpaired) electrons. The standard InChI is InChI=1S/C6H7NO3/c1-9-3-6-5(2-8)7-4-10-6/h2,4H,3H2,1H3. The first-order valence-electron chi connectivity index (χ1n) is 2.75. The molecule has 1 heterocycles. The van der Waals surface area contributed by atoms with Crippen LogP contribution in [0.1, 0.15) is 16.2 Å². The number of aldehydes is 1. The van der Waals surface area contributed by atoms with Crippen molar-refractivity contribution in [3.05, 3.63) is 17.8 Å². The Kier molecular flexibility index (Phi) is 2.17. The van der Waals surface area contributed by atoms with Crippen molar-refractivity contribution in [1.29, 1.82) is 0 Å². The first-order valence-corrected chi connectivity index (χ1v) is 2.75. The molecule has 1 rings (SSSR count). The molecule has 1 aromatic heterocycles. The summed E-state index contributed by atoms with van der Waals surface area (Å²) in [5, 5.41) is 0. The summed E-state index contributed by atoms with van der Waals surface area (Å²) in [6.07, 6.45) is 1.86. The van der Waals surface area contributed by atoms with E-state index in [2.05, 4.69) is 4.98 Å². The molecular weight excluding hydrogens is 134 g/mol. The van der Waals surface area contributed by atoms with E-state index in [0.29, 0.717) is 17.7 Å². The van der Waals surface area contributed by atoms with E-state index in [1.54, 1.807) is 0 Å². The largest absolute Gasteiger partial charge is 0.445 e. The van der Waals surface area contributed by atoms with Crippen LogP contribution in [-0.2, 0) is 11.3 Å². The highest BCUT2D eigenvalue weighted by molar-refractivity contribution is 5.72. The number of nitrogens with zero attached hydrogens (tertiary/aromatic N) is 1. The van der Waals surface area contributed by atoms with Gasteiger partial charge in [0.2, 0.25) is 0 Å². The maximum Gasteiger partial charge on any atom is 0.181 e. The van der Waals surface area contributed by atoms with E-state index >= 15 is 0 Å². The molecule has 0 aliphatic rings. The van der Waals surface area contributed by atoms with Crippen LogP contribution in [0.4, 0.5) is 0 Å². The van der Waals surface area contributed by atoms with Gasteiger partial charge in [-0.25, -0.2) is 4.98 Å². The Bertz CT molecular complexity index is 219. The third-order valence-corrected chi connectivity index (χ3v) is 1.06. The average Bonchev–Trinajstić information content (AvgIpc) is 2.36. The molecule has 0 bridgehead atoms. The molecule has 0 saturated heterocycles. The van der Waals surface area contributed by atoms with Crippen LogP contribution in [0.3, 0.4) is 0 Å². The molecule has 0 spiro atoms. The van der Waals surface area contributed by atoms with Gasteiger partial charge in [-0.05, 0) is 0 Å². The van der Waals surface area contributed by atoms with E-state index in [9.17, 15) is 4.79 Å². The van der Waals surface area contributed by atoms with E-state index in [-0.39, 0.29) is 6.61 Å². The van der Waals surface area contributed by atoms with Crippen molar-refractivity contribution in [2.45, 2.75) is 6.61 Å². The van der Waals surface area contributed by atoms with Gasteiger partial charge in [-0.15, -0.1) is 0 Å². The number of ether oxygens (including phenoxy) is 1. The van der Waals surface area contributed by atoms with Crippen molar-refractivity contribution >= 4 is 6.29 Å². The number of rotatable bonds is 3. The number of hydrogen-bond donors (Lipinski definition) is 0. The van der Waals surface area contributed by atoms with E-state index in [1.807, 2.05) is 0 Å². The van der Waals surface area contributed by atoms with E-state index in [1.165, 1.54) is 13.5 Å². The number of carbonyl (C=O) groups is 1. The van der Waals surface area contributed by atoms with Crippen LogP contribution in [-0.4, -0.2) is 18.4 Å². The fourth-order valence-corrected chi connectivity index (χ4v) is 0.614. The van der Waals surface area contributed by atoms with Crippen LogP contribution < -0.4 is 0 Å². The van der Waals surface area contributed by atoms with Gasteiger partial charge in [0.15, 0.2) is 18.4 Å². The van der Waals surface area contributed by atoms with E-state index in [0.717, 1.165) is 0 Å². The van der Waals surface area contributed by atoms with Crippen LogP contribution in [0.15, 0.2) is 10.8 Å². The lowest BCUT2D eigenvalue weighted by molar-refractivity contribution is 0.111. The minimum Gasteiger partial charge on any atom is -0.445 e. The maximum atomic E-state index is 10.2. The predicted octanol–water partition coefficient (Wildman–Crippen LogP) is 0.634. The maximum absolute atomic E-state index is 10.2. The summed E-state index contributed by atoms with van der Waals surface area (Å²) in [7, 11) is 1.52. The zero-order valence-corrected chi connectivity index (χ0v) is 5.53. The molecule has 4 nitrogen and oxygen atoms in total. The molecule has 0 aliphatic heterocycles. The van der Waals surface area contributed by atoms with Gasteiger partial charge < -0.3 is 9.15 Å². The Morgan fingerprint density at radius 1 is 1.90 bits per heavy atom. The van der Waals surface area contributed by atoms with E-state index in [4.69, 9.17) is 9.15 Å². The smallest absolute Gasteiger partial charge is 0.181 e. The zero-order chi connectivity index (χ0) is 7.40. The highest BCUT2D eigenvalue weighted by Gasteiger charge is 2.04. The number of oxazole rings is 1. The Morgan fingerprint density at radius 2 is 2.70 bits per heavy atom. The van der Waals surface area contributed by atoms with Gasteiger partial charge in [-0.2, -0.15) is 0 Å². The average molecular weight is 141 g/mol. The predicted molar refractivity (Wildman–Crippen MR) is 32.6 cm³/mol.